The SMILES string of the molecule is CCNC(=NCc1ccc(COC)cc1)NCC(OC)C(C)(C)C.I. The molecule has 0 aliphatic carbocycles. The van der Waals surface area contributed by atoms with Crippen LogP contribution in [0.2, 0.25) is 0 Å². The van der Waals surface area contributed by atoms with Gasteiger partial charge in [0.2, 0.25) is 0 Å². The molecule has 2 N–H and O–H groups in total. The number of benzene rings is 1. The molecule has 0 saturated heterocycles. The van der Waals surface area contributed by atoms with Crippen LogP contribution < -0.4 is 10.6 Å². The smallest absolute Gasteiger partial charge is 0.191 e. The van der Waals surface area contributed by atoms with Crippen LogP contribution in [0.3, 0.4) is 0 Å². The molecule has 0 fully saturated rings. The van der Waals surface area contributed by atoms with Gasteiger partial charge < -0.3 is 20.1 Å². The van der Waals surface area contributed by atoms with Crippen LogP contribution in [-0.2, 0) is 22.6 Å². The van der Waals surface area contributed by atoms with Crippen molar-refractivity contribution in [3.8, 4) is 0 Å². The monoisotopic (exact) mass is 463 g/mol. The average molecular weight is 463 g/mol. The third-order valence-electron chi connectivity index (χ3n) is 3.80. The Morgan fingerprint density at radius 1 is 1.08 bits per heavy atom. The highest BCUT2D eigenvalue weighted by atomic mass is 127. The number of nitrogens with zero attached hydrogens (tertiary/aromatic N) is 1. The minimum Gasteiger partial charge on any atom is -0.380 e. The maximum atomic E-state index is 5.59. The van der Waals surface area contributed by atoms with Crippen LogP contribution in [0.1, 0.15) is 38.8 Å². The van der Waals surface area contributed by atoms with Gasteiger partial charge in [0.1, 0.15) is 0 Å². The molecule has 0 radical (unpaired) electrons. The summed E-state index contributed by atoms with van der Waals surface area (Å²) in [6, 6.07) is 8.34. The van der Waals surface area contributed by atoms with Crippen molar-refractivity contribution >= 4 is 29.9 Å². The molecule has 0 amide bonds. The van der Waals surface area contributed by atoms with Crippen molar-refractivity contribution in [1.29, 1.82) is 0 Å². The lowest BCUT2D eigenvalue weighted by Gasteiger charge is -2.30. The summed E-state index contributed by atoms with van der Waals surface area (Å²) in [7, 11) is 3.46. The van der Waals surface area contributed by atoms with Crippen LogP contribution >= 0.6 is 24.0 Å². The molecule has 0 bridgehead atoms. The van der Waals surface area contributed by atoms with Gasteiger partial charge in [0.25, 0.3) is 0 Å². The molecule has 0 aromatic heterocycles. The van der Waals surface area contributed by atoms with E-state index in [1.54, 1.807) is 14.2 Å². The highest BCUT2D eigenvalue weighted by Crippen LogP contribution is 2.20. The van der Waals surface area contributed by atoms with E-state index < -0.39 is 0 Å². The van der Waals surface area contributed by atoms with Gasteiger partial charge in [0.15, 0.2) is 5.96 Å². The summed E-state index contributed by atoms with van der Waals surface area (Å²) in [6.45, 7) is 11.4. The molecule has 6 heteroatoms. The summed E-state index contributed by atoms with van der Waals surface area (Å²) in [6.07, 6.45) is 0.120. The summed E-state index contributed by atoms with van der Waals surface area (Å²) in [5.74, 6) is 0.810. The first-order valence-corrected chi connectivity index (χ1v) is 8.52. The molecule has 0 spiro atoms. The molecule has 0 aliphatic rings. The molecule has 0 aliphatic heterocycles. The van der Waals surface area contributed by atoms with Crippen molar-refractivity contribution in [2.45, 2.75) is 47.0 Å². The fourth-order valence-corrected chi connectivity index (χ4v) is 2.35. The summed E-state index contributed by atoms with van der Waals surface area (Å²) in [5.41, 5.74) is 2.42. The van der Waals surface area contributed by atoms with Gasteiger partial charge >= 0.3 is 0 Å². The van der Waals surface area contributed by atoms with Crippen LogP contribution in [0.25, 0.3) is 0 Å². The number of halogens is 1. The van der Waals surface area contributed by atoms with E-state index in [0.29, 0.717) is 13.2 Å². The summed E-state index contributed by atoms with van der Waals surface area (Å²) in [5, 5.41) is 6.65. The van der Waals surface area contributed by atoms with Gasteiger partial charge in [-0.15, -0.1) is 24.0 Å². The topological polar surface area (TPSA) is 54.9 Å². The van der Waals surface area contributed by atoms with Gasteiger partial charge in [0, 0.05) is 27.3 Å². The van der Waals surface area contributed by atoms with Gasteiger partial charge in [-0.1, -0.05) is 45.0 Å². The van der Waals surface area contributed by atoms with E-state index in [-0.39, 0.29) is 35.5 Å². The van der Waals surface area contributed by atoms with E-state index >= 15 is 0 Å². The Morgan fingerprint density at radius 2 is 1.68 bits per heavy atom. The molecule has 1 atom stereocenters. The highest BCUT2D eigenvalue weighted by Gasteiger charge is 2.24. The number of rotatable bonds is 8. The van der Waals surface area contributed by atoms with E-state index in [1.807, 2.05) is 0 Å². The van der Waals surface area contributed by atoms with E-state index in [0.717, 1.165) is 19.0 Å². The van der Waals surface area contributed by atoms with Crippen LogP contribution in [0.15, 0.2) is 29.3 Å². The van der Waals surface area contributed by atoms with Crippen molar-refractivity contribution in [3.63, 3.8) is 0 Å². The van der Waals surface area contributed by atoms with Crippen molar-refractivity contribution in [2.75, 3.05) is 27.3 Å². The Kier molecular flexibility index (Phi) is 12.1. The highest BCUT2D eigenvalue weighted by molar-refractivity contribution is 14.0. The molecular formula is C19H34IN3O2. The maximum Gasteiger partial charge on any atom is 0.191 e. The first kappa shape index (κ1) is 24.1. The second-order valence-corrected chi connectivity index (χ2v) is 6.92. The van der Waals surface area contributed by atoms with Crippen molar-refractivity contribution < 1.29 is 9.47 Å². The Bertz CT molecular complexity index is 498. The molecule has 0 saturated carbocycles. The summed E-state index contributed by atoms with van der Waals surface area (Å²) >= 11 is 0. The Labute approximate surface area is 170 Å². The fraction of sp³-hybridized carbons (Fsp3) is 0.632. The van der Waals surface area contributed by atoms with Crippen molar-refractivity contribution in [1.82, 2.24) is 10.6 Å². The van der Waals surface area contributed by atoms with E-state index in [9.17, 15) is 0 Å². The molecular weight excluding hydrogens is 429 g/mol. The number of guanidine groups is 1. The Balaban J connectivity index is 0.00000576. The maximum absolute atomic E-state index is 5.59. The zero-order valence-electron chi connectivity index (χ0n) is 16.4. The van der Waals surface area contributed by atoms with Crippen molar-refractivity contribution in [2.24, 2.45) is 10.4 Å². The number of hydrogen-bond acceptors (Lipinski definition) is 3. The first-order valence-electron chi connectivity index (χ1n) is 8.52. The molecule has 1 unspecified atom stereocenters. The third kappa shape index (κ3) is 9.42. The lowest BCUT2D eigenvalue weighted by atomic mass is 9.89. The number of aliphatic imine (C=N–C) groups is 1. The minimum atomic E-state index is 0. The predicted molar refractivity (Wildman–Crippen MR) is 116 cm³/mol. The molecule has 5 nitrogen and oxygen atoms in total. The minimum absolute atomic E-state index is 0. The van der Waals surface area contributed by atoms with Crippen LogP contribution in [-0.4, -0.2) is 39.4 Å². The standard InChI is InChI=1S/C19H33N3O2.HI/c1-7-20-18(22-13-17(24-6)19(2,3)4)21-12-15-8-10-16(11-9-15)14-23-5;/h8-11,17H,7,12-14H2,1-6H3,(H2,20,21,22);1H. The molecule has 25 heavy (non-hydrogen) atoms. The lowest BCUT2D eigenvalue weighted by Crippen LogP contribution is -2.45. The van der Waals surface area contributed by atoms with Crippen LogP contribution in [0.5, 0.6) is 0 Å². The van der Waals surface area contributed by atoms with E-state index in [1.165, 1.54) is 11.1 Å². The molecule has 1 aromatic carbocycles. The predicted octanol–water partition coefficient (Wildman–Crippen LogP) is 3.57. The normalized spacial score (nSPS) is 13.1. The molecule has 1 aromatic rings. The van der Waals surface area contributed by atoms with Crippen molar-refractivity contribution in [3.05, 3.63) is 35.4 Å². The molecule has 0 heterocycles. The number of ether oxygens (including phenoxy) is 2. The zero-order chi connectivity index (χ0) is 18.0. The second kappa shape index (κ2) is 12.5. The fourth-order valence-electron chi connectivity index (χ4n) is 2.35. The van der Waals surface area contributed by atoms with Gasteiger partial charge in [-0.2, -0.15) is 0 Å². The number of methoxy groups -OCH3 is 2. The number of hydrogen-bond donors (Lipinski definition) is 2. The Morgan fingerprint density at radius 3 is 2.16 bits per heavy atom. The lowest BCUT2D eigenvalue weighted by molar-refractivity contribution is 0.0205. The third-order valence-corrected chi connectivity index (χ3v) is 3.80. The van der Waals surface area contributed by atoms with Gasteiger partial charge in [0.05, 0.1) is 19.3 Å². The largest absolute Gasteiger partial charge is 0.380 e. The van der Waals surface area contributed by atoms with Crippen LogP contribution in [0.4, 0.5) is 0 Å². The summed E-state index contributed by atoms with van der Waals surface area (Å²) in [4.78, 5) is 4.66. The van der Waals surface area contributed by atoms with E-state index in [4.69, 9.17) is 9.47 Å². The molecule has 1 rings (SSSR count). The first-order chi connectivity index (χ1) is 11.4. The number of nitrogens with one attached hydrogen (secondary N) is 2. The quantitative estimate of drug-likeness (QED) is 0.352. The molecule has 144 valence electrons. The Hall–Kier alpha value is -0.860. The second-order valence-electron chi connectivity index (χ2n) is 6.92. The van der Waals surface area contributed by atoms with Gasteiger partial charge in [-0.3, -0.25) is 0 Å². The average Bonchev–Trinajstić information content (AvgIpc) is 2.53. The van der Waals surface area contributed by atoms with Gasteiger partial charge in [-0.05, 0) is 23.5 Å². The summed E-state index contributed by atoms with van der Waals surface area (Å²) < 4.78 is 10.7. The van der Waals surface area contributed by atoms with Gasteiger partial charge in [-0.25, -0.2) is 4.99 Å². The van der Waals surface area contributed by atoms with Crippen LogP contribution in [0, 0.1) is 5.41 Å². The zero-order valence-corrected chi connectivity index (χ0v) is 18.7. The van der Waals surface area contributed by atoms with E-state index in [2.05, 4.69) is 67.6 Å².